The molecule has 0 aromatic heterocycles. The van der Waals surface area contributed by atoms with E-state index in [1.807, 2.05) is 0 Å². The fourth-order valence-corrected chi connectivity index (χ4v) is 3.03. The van der Waals surface area contributed by atoms with Crippen molar-refractivity contribution in [3.63, 3.8) is 0 Å². The van der Waals surface area contributed by atoms with E-state index in [2.05, 4.69) is 0 Å². The van der Waals surface area contributed by atoms with Crippen LogP contribution in [0.1, 0.15) is 46.0 Å². The van der Waals surface area contributed by atoms with Gasteiger partial charge in [-0.25, -0.2) is 0 Å². The van der Waals surface area contributed by atoms with Crippen molar-refractivity contribution in [1.29, 1.82) is 0 Å². The molecular weight excluding hydrogens is 514 g/mol. The number of hydrogen-bond donors (Lipinski definition) is 4. The van der Waals surface area contributed by atoms with Crippen LogP contribution in [0.5, 0.6) is 0 Å². The van der Waals surface area contributed by atoms with Gasteiger partial charge < -0.3 is 40.6 Å². The van der Waals surface area contributed by atoms with Gasteiger partial charge in [0, 0.05) is 38.5 Å². The van der Waals surface area contributed by atoms with Crippen molar-refractivity contribution >= 4 is 59.2 Å². The summed E-state index contributed by atoms with van der Waals surface area (Å²) in [7, 11) is 0. The second kappa shape index (κ2) is 23.0. The number of hydrogen-bond acceptors (Lipinski definition) is 10. The maximum Gasteiger partial charge on any atom is 1.00 e. The molecule has 0 aliphatic rings. The number of carbonyl (C=O) groups is 6. The van der Waals surface area contributed by atoms with Crippen LogP contribution in [0.15, 0.2) is 0 Å². The van der Waals surface area contributed by atoms with Gasteiger partial charge in [0.15, 0.2) is 2.82 Å². The van der Waals surface area contributed by atoms with E-state index in [9.17, 15) is 39.0 Å². The molecule has 16 heteroatoms. The van der Waals surface area contributed by atoms with Gasteiger partial charge in [-0.05, 0) is 0 Å². The van der Waals surface area contributed by atoms with Gasteiger partial charge in [0.2, 0.25) is 11.8 Å². The minimum Gasteiger partial charge on any atom is -0.548 e. The molecule has 4 unspecified atom stereocenters. The van der Waals surface area contributed by atoms with E-state index in [0.717, 1.165) is 13.8 Å². The van der Waals surface area contributed by atoms with Crippen LogP contribution in [0.4, 0.5) is 0 Å². The zero-order valence-electron chi connectivity index (χ0n) is 25.6. The zero-order valence-corrected chi connectivity index (χ0v) is 25.2. The standard InChI is InChI=1S/2C9H15NO5S.2Na/c2*1-5(3-8(12)13)16-4-7(9(14)15)10-6(2)11;;/h2*5,7H,3-4H2,1-2H3,(H,10,11)(H,12,13)(H,14,15);;/q;;2*+1/p-2/t2*5?,7-;;/m00../s1/i2*4D,7D;;/hD2/t2*4?,5?,7-;;. The molecule has 0 aliphatic heterocycles. The molecule has 0 aromatic rings. The summed E-state index contributed by atoms with van der Waals surface area (Å²) in [5.41, 5.74) is -3.54. The Balaban J connectivity index is -0.000000309. The van der Waals surface area contributed by atoms with Crippen LogP contribution in [-0.2, 0) is 28.8 Å². The van der Waals surface area contributed by atoms with Crippen molar-refractivity contribution in [1.82, 2.24) is 10.6 Å². The predicted octanol–water partition coefficient (Wildman–Crippen LogP) is -8.32. The molecule has 0 rings (SSSR count). The van der Waals surface area contributed by atoms with Gasteiger partial charge in [0.05, 0.1) is 39.6 Å². The first-order valence-electron chi connectivity index (χ1n) is 11.7. The molecule has 0 heterocycles. The second-order valence-corrected chi connectivity index (χ2v) is 8.56. The van der Waals surface area contributed by atoms with Crippen molar-refractivity contribution < 1.29 is 117 Å². The van der Waals surface area contributed by atoms with Gasteiger partial charge in [0.25, 0.3) is 0 Å². The Morgan fingerprint density at radius 3 is 1.26 bits per heavy atom. The van der Waals surface area contributed by atoms with E-state index < -0.39 is 69.7 Å². The normalized spacial score (nSPS) is 19.3. The number of thioether (sulfide) groups is 2. The number of rotatable bonds is 14. The molecule has 0 radical (unpaired) electrons. The van der Waals surface area contributed by atoms with E-state index in [0.29, 0.717) is 23.5 Å². The van der Waals surface area contributed by atoms with Gasteiger partial charge in [-0.15, -0.1) is 0 Å². The minimum atomic E-state index is -2.90. The molecule has 0 bridgehead atoms. The number of nitrogens with one attached hydrogen (secondary N) is 2. The first kappa shape index (κ1) is 28.1. The third-order valence-corrected chi connectivity index (χ3v) is 4.70. The van der Waals surface area contributed by atoms with Gasteiger partial charge in [-0.1, -0.05) is 13.8 Å². The Bertz CT molecular complexity index is 847. The third-order valence-electron chi connectivity index (χ3n) is 2.72. The topological polar surface area (TPSA) is 213 Å². The smallest absolute Gasteiger partial charge is 0.548 e. The molecule has 4 N–H and O–H groups in total. The van der Waals surface area contributed by atoms with E-state index in [4.69, 9.17) is 18.5 Å². The molecule has 6 atom stereocenters. The summed E-state index contributed by atoms with van der Waals surface area (Å²) in [4.78, 5) is 64.8. The fraction of sp³-hybridized carbons (Fsp3) is 0.667. The quantitative estimate of drug-likeness (QED) is 0.149. The molecule has 0 fully saturated rings. The van der Waals surface area contributed by atoms with Gasteiger partial charge in [-0.2, -0.15) is 23.5 Å². The maximum absolute atomic E-state index is 11.0. The second-order valence-electron chi connectivity index (χ2n) is 5.93. The minimum absolute atomic E-state index is 0. The van der Waals surface area contributed by atoms with E-state index >= 15 is 0 Å². The first-order valence-corrected chi connectivity index (χ1v) is 10.6. The third kappa shape index (κ3) is 26.1. The Kier molecular flexibility index (Phi) is 19.0. The van der Waals surface area contributed by atoms with Crippen LogP contribution in [0.3, 0.4) is 0 Å². The Morgan fingerprint density at radius 1 is 0.824 bits per heavy atom. The van der Waals surface area contributed by atoms with Crippen LogP contribution in [0.25, 0.3) is 0 Å². The molecule has 34 heavy (non-hydrogen) atoms. The fourth-order valence-electron chi connectivity index (χ4n) is 1.53. The first-order chi connectivity index (χ1) is 17.1. The molecule has 0 spiro atoms. The van der Waals surface area contributed by atoms with E-state index in [1.165, 1.54) is 13.8 Å². The maximum atomic E-state index is 11.0. The summed E-state index contributed by atoms with van der Waals surface area (Å²) in [6, 6.07) is -5.80. The van der Waals surface area contributed by atoms with Crippen molar-refractivity contribution in [2.24, 2.45) is 0 Å². The largest absolute Gasteiger partial charge is 1.00 e. The summed E-state index contributed by atoms with van der Waals surface area (Å²) < 4.78 is 44.9. The summed E-state index contributed by atoms with van der Waals surface area (Å²) in [5, 5.41) is 37.4. The summed E-state index contributed by atoms with van der Waals surface area (Å²) in [6.07, 6.45) is -0.664. The molecule has 2 amide bonds. The monoisotopic (exact) mass is 548 g/mol. The molecule has 0 saturated carbocycles. The Morgan fingerprint density at radius 2 is 1.09 bits per heavy atom. The molecule has 12 nitrogen and oxygen atoms in total. The number of carboxylic acids is 4. The predicted molar refractivity (Wildman–Crippen MR) is 114 cm³/mol. The van der Waals surface area contributed by atoms with Crippen molar-refractivity contribution in [2.45, 2.75) is 63.1 Å². The van der Waals surface area contributed by atoms with E-state index in [-0.39, 0.29) is 82.6 Å². The van der Waals surface area contributed by atoms with Crippen LogP contribution in [-0.4, -0.2) is 79.9 Å². The van der Waals surface area contributed by atoms with Gasteiger partial charge >= 0.3 is 71.1 Å². The molecule has 0 saturated heterocycles. The molecule has 0 aliphatic carbocycles. The van der Waals surface area contributed by atoms with Gasteiger partial charge in [-0.3, -0.25) is 19.2 Å². The van der Waals surface area contributed by atoms with Gasteiger partial charge in [0.1, 0.15) is 0 Å². The van der Waals surface area contributed by atoms with Crippen molar-refractivity contribution in [3.8, 4) is 0 Å². The Labute approximate surface area is 259 Å². The molecular formula is C18H28N2Na2O10S2. The van der Waals surface area contributed by atoms with E-state index in [1.54, 1.807) is 0 Å². The average molecular weight is 549 g/mol. The van der Waals surface area contributed by atoms with Crippen LogP contribution in [0.2, 0.25) is 2.82 Å². The average Bonchev–Trinajstić information content (AvgIpc) is 2.75. The number of amides is 2. The Hall–Kier alpha value is -0.480. The number of carboxylic acid groups (broad SMARTS) is 4. The van der Waals surface area contributed by atoms with Crippen LogP contribution >= 0.6 is 23.5 Å². The van der Waals surface area contributed by atoms with Crippen LogP contribution < -0.4 is 79.9 Å². The number of carbonyl (C=O) groups excluding carboxylic acids is 4. The molecule has 184 valence electrons. The number of aliphatic carboxylic acids is 4. The van der Waals surface area contributed by atoms with Crippen molar-refractivity contribution in [2.75, 3.05) is 11.5 Å². The van der Waals surface area contributed by atoms with Crippen molar-refractivity contribution in [3.05, 3.63) is 0 Å². The zero-order chi connectivity index (χ0) is 30.8. The molecule has 0 aromatic carbocycles. The van der Waals surface area contributed by atoms with Crippen LogP contribution in [0, 0.1) is 0 Å². The summed E-state index contributed by atoms with van der Waals surface area (Å²) in [5.74, 6) is -8.44. The SMILES string of the molecule is [2H]C(SC(C)CC(=O)O)[C@@]([2H])(C(=O)[O-])N([2H])C(C)=O.[2H]C(SC(C)CC(=O)O)[C@@]([2H])(C(=O)[O-])N([2H])C(C)=O.[Na+].[Na+]. The summed E-state index contributed by atoms with van der Waals surface area (Å²) >= 11 is 1.14. The summed E-state index contributed by atoms with van der Waals surface area (Å²) in [6.45, 7) is 4.66.